The zero-order valence-electron chi connectivity index (χ0n) is 11.8. The van der Waals surface area contributed by atoms with Gasteiger partial charge in [-0.15, -0.1) is 0 Å². The first-order chi connectivity index (χ1) is 10.5. The molecular formula is C14H14N2O4S2. The number of fused-ring (bicyclic) bond motifs is 1. The van der Waals surface area contributed by atoms with Gasteiger partial charge in [-0.3, -0.25) is 9.36 Å². The van der Waals surface area contributed by atoms with E-state index in [2.05, 4.69) is 4.98 Å². The number of rotatable bonds is 4. The summed E-state index contributed by atoms with van der Waals surface area (Å²) < 4.78 is 31.3. The van der Waals surface area contributed by atoms with Crippen molar-refractivity contribution < 1.29 is 13.2 Å². The monoisotopic (exact) mass is 338 g/mol. The average Bonchev–Trinajstić information content (AvgIpc) is 2.91. The number of ether oxygens (including phenoxy) is 1. The van der Waals surface area contributed by atoms with Gasteiger partial charge in [0.2, 0.25) is 5.88 Å². The van der Waals surface area contributed by atoms with Crippen LogP contribution in [-0.2, 0) is 9.84 Å². The van der Waals surface area contributed by atoms with Crippen molar-refractivity contribution >= 4 is 21.6 Å². The molecule has 1 aliphatic heterocycles. The van der Waals surface area contributed by atoms with Gasteiger partial charge in [-0.2, -0.15) is 4.98 Å². The van der Waals surface area contributed by atoms with Gasteiger partial charge in [0.15, 0.2) is 15.0 Å². The number of hydrogen-bond acceptors (Lipinski definition) is 6. The molecule has 0 N–H and O–H groups in total. The SMILES string of the molecule is COc1cc(=O)n2c(n1)SC[C@@H]2CS(=O)(=O)c1ccccc1. The van der Waals surface area contributed by atoms with Crippen LogP contribution in [0.4, 0.5) is 0 Å². The molecule has 1 atom stereocenters. The van der Waals surface area contributed by atoms with Crippen molar-refractivity contribution in [2.75, 3.05) is 18.6 Å². The van der Waals surface area contributed by atoms with Crippen LogP contribution in [0.5, 0.6) is 5.88 Å². The second-order valence-corrected chi connectivity index (χ2v) is 7.87. The number of sulfone groups is 1. The van der Waals surface area contributed by atoms with Gasteiger partial charge in [0.25, 0.3) is 5.56 Å². The summed E-state index contributed by atoms with van der Waals surface area (Å²) in [6, 6.07) is 9.11. The summed E-state index contributed by atoms with van der Waals surface area (Å²) in [6.07, 6.45) is 0. The van der Waals surface area contributed by atoms with Crippen molar-refractivity contribution in [3.8, 4) is 5.88 Å². The number of benzene rings is 1. The van der Waals surface area contributed by atoms with E-state index in [1.165, 1.54) is 29.5 Å². The highest BCUT2D eigenvalue weighted by Gasteiger charge is 2.30. The van der Waals surface area contributed by atoms with E-state index in [1.54, 1.807) is 30.3 Å². The van der Waals surface area contributed by atoms with Gasteiger partial charge in [0, 0.05) is 5.75 Å². The van der Waals surface area contributed by atoms with Gasteiger partial charge in [0.1, 0.15) is 0 Å². The molecule has 1 aromatic carbocycles. The summed E-state index contributed by atoms with van der Waals surface area (Å²) in [7, 11) is -2.01. The largest absolute Gasteiger partial charge is 0.481 e. The van der Waals surface area contributed by atoms with Gasteiger partial charge < -0.3 is 4.74 Å². The molecule has 0 aliphatic carbocycles. The number of thioether (sulfide) groups is 1. The molecular weight excluding hydrogens is 324 g/mol. The van der Waals surface area contributed by atoms with Crippen molar-refractivity contribution in [2.45, 2.75) is 16.1 Å². The Bertz CT molecular complexity index is 847. The minimum absolute atomic E-state index is 0.120. The fourth-order valence-corrected chi connectivity index (χ4v) is 5.17. The van der Waals surface area contributed by atoms with Gasteiger partial charge in [0.05, 0.1) is 29.9 Å². The van der Waals surface area contributed by atoms with Crippen LogP contribution in [0.2, 0.25) is 0 Å². The average molecular weight is 338 g/mol. The van der Waals surface area contributed by atoms with Crippen LogP contribution in [0.15, 0.2) is 51.2 Å². The Morgan fingerprint density at radius 3 is 2.77 bits per heavy atom. The lowest BCUT2D eigenvalue weighted by atomic mass is 10.4. The first-order valence-electron chi connectivity index (χ1n) is 6.59. The van der Waals surface area contributed by atoms with E-state index in [0.29, 0.717) is 10.9 Å². The topological polar surface area (TPSA) is 78.3 Å². The van der Waals surface area contributed by atoms with Crippen molar-refractivity contribution in [3.05, 3.63) is 46.8 Å². The van der Waals surface area contributed by atoms with Crippen molar-refractivity contribution in [3.63, 3.8) is 0 Å². The predicted octanol–water partition coefficient (Wildman–Crippen LogP) is 1.37. The molecule has 0 unspecified atom stereocenters. The third-order valence-corrected chi connectivity index (χ3v) is 6.30. The molecule has 8 heteroatoms. The predicted molar refractivity (Wildman–Crippen MR) is 83.3 cm³/mol. The van der Waals surface area contributed by atoms with E-state index < -0.39 is 15.9 Å². The standard InChI is InChI=1S/C14H14N2O4S2/c1-20-12-7-13(17)16-10(8-21-14(16)15-12)9-22(18,19)11-5-3-2-4-6-11/h2-7,10H,8-9H2,1H3/t10-/m1/s1. The first kappa shape index (κ1) is 15.1. The molecule has 6 nitrogen and oxygen atoms in total. The molecule has 0 saturated carbocycles. The molecule has 0 spiro atoms. The Hall–Kier alpha value is -1.80. The maximum atomic E-state index is 12.5. The van der Waals surface area contributed by atoms with Crippen molar-refractivity contribution in [1.29, 1.82) is 0 Å². The van der Waals surface area contributed by atoms with Crippen LogP contribution in [-0.4, -0.2) is 36.6 Å². The highest BCUT2D eigenvalue weighted by Crippen LogP contribution is 2.32. The lowest BCUT2D eigenvalue weighted by molar-refractivity contribution is 0.383. The fraction of sp³-hybridized carbons (Fsp3) is 0.286. The smallest absolute Gasteiger partial charge is 0.258 e. The van der Waals surface area contributed by atoms with E-state index in [9.17, 15) is 13.2 Å². The van der Waals surface area contributed by atoms with Crippen LogP contribution in [0.25, 0.3) is 0 Å². The third-order valence-electron chi connectivity index (χ3n) is 3.39. The van der Waals surface area contributed by atoms with Gasteiger partial charge in [-0.25, -0.2) is 8.42 Å². The Labute approximate surface area is 132 Å². The van der Waals surface area contributed by atoms with E-state index in [0.717, 1.165) is 0 Å². The van der Waals surface area contributed by atoms with E-state index in [-0.39, 0.29) is 22.1 Å². The normalized spacial score (nSPS) is 17.2. The maximum Gasteiger partial charge on any atom is 0.258 e. The Morgan fingerprint density at radius 2 is 2.09 bits per heavy atom. The minimum atomic E-state index is -3.45. The second kappa shape index (κ2) is 5.77. The van der Waals surface area contributed by atoms with Crippen LogP contribution in [0, 0.1) is 0 Å². The summed E-state index contributed by atoms with van der Waals surface area (Å²) in [4.78, 5) is 16.6. The quantitative estimate of drug-likeness (QED) is 0.784. The number of nitrogens with zero attached hydrogens (tertiary/aromatic N) is 2. The van der Waals surface area contributed by atoms with E-state index in [1.807, 2.05) is 0 Å². The zero-order chi connectivity index (χ0) is 15.7. The lowest BCUT2D eigenvalue weighted by Crippen LogP contribution is -2.28. The Morgan fingerprint density at radius 1 is 1.36 bits per heavy atom. The van der Waals surface area contributed by atoms with Gasteiger partial charge in [-0.05, 0) is 12.1 Å². The number of methoxy groups -OCH3 is 1. The Kier molecular flexibility index (Phi) is 3.96. The minimum Gasteiger partial charge on any atom is -0.481 e. The van der Waals surface area contributed by atoms with Crippen LogP contribution in [0.1, 0.15) is 6.04 Å². The molecule has 0 amide bonds. The highest BCUT2D eigenvalue weighted by atomic mass is 32.2. The van der Waals surface area contributed by atoms with E-state index in [4.69, 9.17) is 4.74 Å². The van der Waals surface area contributed by atoms with Crippen LogP contribution in [0.3, 0.4) is 0 Å². The molecule has 0 saturated heterocycles. The molecule has 0 radical (unpaired) electrons. The summed E-state index contributed by atoms with van der Waals surface area (Å²) in [5.74, 6) is 0.627. The molecule has 2 aromatic rings. The van der Waals surface area contributed by atoms with Crippen molar-refractivity contribution in [1.82, 2.24) is 9.55 Å². The Balaban J connectivity index is 1.93. The summed E-state index contributed by atoms with van der Waals surface area (Å²) in [6.45, 7) is 0. The number of hydrogen-bond donors (Lipinski definition) is 0. The molecule has 1 aliphatic rings. The van der Waals surface area contributed by atoms with Gasteiger partial charge >= 0.3 is 0 Å². The first-order valence-corrected chi connectivity index (χ1v) is 9.23. The van der Waals surface area contributed by atoms with Crippen LogP contribution >= 0.6 is 11.8 Å². The summed E-state index contributed by atoms with van der Waals surface area (Å²) in [5, 5.41) is 0.498. The van der Waals surface area contributed by atoms with E-state index >= 15 is 0 Å². The molecule has 2 heterocycles. The fourth-order valence-electron chi connectivity index (χ4n) is 2.34. The second-order valence-electron chi connectivity index (χ2n) is 4.85. The molecule has 1 aromatic heterocycles. The van der Waals surface area contributed by atoms with Gasteiger partial charge in [-0.1, -0.05) is 30.0 Å². The lowest BCUT2D eigenvalue weighted by Gasteiger charge is -2.13. The zero-order valence-corrected chi connectivity index (χ0v) is 13.4. The molecule has 0 bridgehead atoms. The molecule has 0 fully saturated rings. The summed E-state index contributed by atoms with van der Waals surface area (Å²) >= 11 is 1.36. The molecule has 3 rings (SSSR count). The molecule has 22 heavy (non-hydrogen) atoms. The van der Waals surface area contributed by atoms with Crippen LogP contribution < -0.4 is 10.3 Å². The summed E-state index contributed by atoms with van der Waals surface area (Å²) in [5.41, 5.74) is -0.292. The van der Waals surface area contributed by atoms with Crippen molar-refractivity contribution in [2.24, 2.45) is 0 Å². The third kappa shape index (κ3) is 2.76. The molecule has 116 valence electrons. The maximum absolute atomic E-state index is 12.5. The number of aromatic nitrogens is 2. The highest BCUT2D eigenvalue weighted by molar-refractivity contribution is 7.99.